The molecule has 116 valence electrons. The van der Waals surface area contributed by atoms with Crippen molar-refractivity contribution in [1.29, 1.82) is 0 Å². The van der Waals surface area contributed by atoms with Gasteiger partial charge in [-0.25, -0.2) is 0 Å². The highest BCUT2D eigenvalue weighted by Gasteiger charge is 2.22. The molecule has 22 heavy (non-hydrogen) atoms. The maximum absolute atomic E-state index is 5.57. The molecule has 4 rings (SSSR count). The van der Waals surface area contributed by atoms with Crippen molar-refractivity contribution in [2.45, 2.75) is 51.7 Å². The molecule has 1 aromatic carbocycles. The van der Waals surface area contributed by atoms with Crippen molar-refractivity contribution in [3.8, 4) is 5.75 Å². The van der Waals surface area contributed by atoms with Crippen LogP contribution in [0, 0.1) is 0 Å². The normalized spacial score (nSPS) is 19.6. The first kappa shape index (κ1) is 13.8. The van der Waals surface area contributed by atoms with Crippen molar-refractivity contribution < 1.29 is 4.74 Å². The standard InChI is InChI=1S/C17H22N4O/c1-2-16-19-20-17-6-4-14(11-21(16)17)18-10-12-3-5-15-13(9-12)7-8-22-15/h3,5,9,14,18H,2,4,6-8,10-11H2,1H3/t14-/m0/s1. The monoisotopic (exact) mass is 298 g/mol. The number of hydrogen-bond acceptors (Lipinski definition) is 4. The van der Waals surface area contributed by atoms with Crippen LogP contribution < -0.4 is 10.1 Å². The first-order valence-corrected chi connectivity index (χ1v) is 8.22. The average Bonchev–Trinajstić information content (AvgIpc) is 3.18. The lowest BCUT2D eigenvalue weighted by Crippen LogP contribution is -2.37. The molecule has 0 fully saturated rings. The quantitative estimate of drug-likeness (QED) is 0.936. The van der Waals surface area contributed by atoms with Crippen molar-refractivity contribution in [3.63, 3.8) is 0 Å². The first-order valence-electron chi connectivity index (χ1n) is 8.22. The Labute approximate surface area is 130 Å². The molecule has 3 heterocycles. The Hall–Kier alpha value is -1.88. The number of aryl methyl sites for hydroxylation is 2. The Morgan fingerprint density at radius 1 is 1.32 bits per heavy atom. The molecule has 0 spiro atoms. The van der Waals surface area contributed by atoms with Gasteiger partial charge in [0.25, 0.3) is 0 Å². The van der Waals surface area contributed by atoms with Crippen molar-refractivity contribution in [1.82, 2.24) is 20.1 Å². The fraction of sp³-hybridized carbons (Fsp3) is 0.529. The van der Waals surface area contributed by atoms with E-state index < -0.39 is 0 Å². The Kier molecular flexibility index (Phi) is 3.58. The second kappa shape index (κ2) is 5.72. The molecule has 2 aliphatic rings. The summed E-state index contributed by atoms with van der Waals surface area (Å²) in [6, 6.07) is 7.05. The van der Waals surface area contributed by atoms with Gasteiger partial charge in [-0.05, 0) is 23.6 Å². The zero-order chi connectivity index (χ0) is 14.9. The third kappa shape index (κ3) is 2.50. The number of fused-ring (bicyclic) bond motifs is 2. The van der Waals surface area contributed by atoms with Gasteiger partial charge < -0.3 is 14.6 Å². The van der Waals surface area contributed by atoms with Gasteiger partial charge in [0.15, 0.2) is 0 Å². The predicted octanol–water partition coefficient (Wildman–Crippen LogP) is 1.88. The van der Waals surface area contributed by atoms with Gasteiger partial charge in [-0.1, -0.05) is 19.1 Å². The average molecular weight is 298 g/mol. The minimum absolute atomic E-state index is 0.498. The smallest absolute Gasteiger partial charge is 0.133 e. The highest BCUT2D eigenvalue weighted by molar-refractivity contribution is 5.39. The van der Waals surface area contributed by atoms with Crippen LogP contribution in [0.25, 0.3) is 0 Å². The molecule has 0 amide bonds. The fourth-order valence-corrected chi connectivity index (χ4v) is 3.42. The molecule has 0 saturated heterocycles. The lowest BCUT2D eigenvalue weighted by Gasteiger charge is -2.25. The molecule has 0 unspecified atom stereocenters. The van der Waals surface area contributed by atoms with Gasteiger partial charge >= 0.3 is 0 Å². The summed E-state index contributed by atoms with van der Waals surface area (Å²) >= 11 is 0. The molecular formula is C17H22N4O. The van der Waals surface area contributed by atoms with Gasteiger partial charge in [0.05, 0.1) is 6.61 Å². The van der Waals surface area contributed by atoms with E-state index in [0.717, 1.165) is 62.8 Å². The zero-order valence-corrected chi connectivity index (χ0v) is 13.0. The van der Waals surface area contributed by atoms with E-state index in [2.05, 4.69) is 45.2 Å². The highest BCUT2D eigenvalue weighted by Crippen LogP contribution is 2.26. The van der Waals surface area contributed by atoms with Crippen LogP contribution in [0.4, 0.5) is 0 Å². The van der Waals surface area contributed by atoms with E-state index in [-0.39, 0.29) is 0 Å². The largest absolute Gasteiger partial charge is 0.493 e. The van der Waals surface area contributed by atoms with Crippen LogP contribution in [0.5, 0.6) is 5.75 Å². The summed E-state index contributed by atoms with van der Waals surface area (Å²) in [5, 5.41) is 12.3. The lowest BCUT2D eigenvalue weighted by atomic mass is 10.1. The van der Waals surface area contributed by atoms with Crippen LogP contribution in [0.15, 0.2) is 18.2 Å². The first-order chi connectivity index (χ1) is 10.8. The van der Waals surface area contributed by atoms with Crippen molar-refractivity contribution in [2.75, 3.05) is 6.61 Å². The SMILES string of the molecule is CCc1nnc2n1C[C@@H](NCc1ccc3c(c1)CCO3)CC2. The second-order valence-electron chi connectivity index (χ2n) is 6.15. The van der Waals surface area contributed by atoms with Gasteiger partial charge in [0.2, 0.25) is 0 Å². The van der Waals surface area contributed by atoms with Crippen molar-refractivity contribution >= 4 is 0 Å². The fourth-order valence-electron chi connectivity index (χ4n) is 3.42. The van der Waals surface area contributed by atoms with Gasteiger partial charge in [-0.3, -0.25) is 0 Å². The predicted molar refractivity (Wildman–Crippen MR) is 84.0 cm³/mol. The van der Waals surface area contributed by atoms with Crippen LogP contribution in [-0.2, 0) is 32.4 Å². The van der Waals surface area contributed by atoms with Crippen LogP contribution in [-0.4, -0.2) is 27.4 Å². The van der Waals surface area contributed by atoms with Gasteiger partial charge in [-0.15, -0.1) is 10.2 Å². The molecule has 0 radical (unpaired) electrons. The minimum Gasteiger partial charge on any atom is -0.493 e. The number of benzene rings is 1. The third-order valence-corrected chi connectivity index (χ3v) is 4.69. The summed E-state index contributed by atoms with van der Waals surface area (Å²) in [5.74, 6) is 3.31. The number of rotatable bonds is 4. The van der Waals surface area contributed by atoms with Crippen LogP contribution >= 0.6 is 0 Å². The molecule has 0 aliphatic carbocycles. The van der Waals surface area contributed by atoms with E-state index in [1.807, 2.05) is 0 Å². The van der Waals surface area contributed by atoms with E-state index in [4.69, 9.17) is 4.74 Å². The Morgan fingerprint density at radius 3 is 3.18 bits per heavy atom. The van der Waals surface area contributed by atoms with Crippen LogP contribution in [0.1, 0.15) is 36.1 Å². The van der Waals surface area contributed by atoms with Crippen LogP contribution in [0.2, 0.25) is 0 Å². The van der Waals surface area contributed by atoms with Crippen molar-refractivity contribution in [2.24, 2.45) is 0 Å². The lowest BCUT2D eigenvalue weighted by molar-refractivity contribution is 0.356. The number of ether oxygens (including phenoxy) is 1. The summed E-state index contributed by atoms with van der Waals surface area (Å²) in [7, 11) is 0. The molecule has 5 nitrogen and oxygen atoms in total. The van der Waals surface area contributed by atoms with E-state index in [1.54, 1.807) is 0 Å². The molecule has 5 heteroatoms. The summed E-state index contributed by atoms with van der Waals surface area (Å²) in [4.78, 5) is 0. The minimum atomic E-state index is 0.498. The number of nitrogens with one attached hydrogen (secondary N) is 1. The molecular weight excluding hydrogens is 276 g/mol. The topological polar surface area (TPSA) is 52.0 Å². The molecule has 1 atom stereocenters. The Balaban J connectivity index is 1.40. The summed E-state index contributed by atoms with van der Waals surface area (Å²) in [6.45, 7) is 4.86. The Bertz CT molecular complexity index is 666. The number of aromatic nitrogens is 3. The van der Waals surface area contributed by atoms with E-state index in [1.165, 1.54) is 11.1 Å². The van der Waals surface area contributed by atoms with Gasteiger partial charge in [0.1, 0.15) is 17.4 Å². The molecule has 1 N–H and O–H groups in total. The highest BCUT2D eigenvalue weighted by atomic mass is 16.5. The van der Waals surface area contributed by atoms with Crippen molar-refractivity contribution in [3.05, 3.63) is 41.0 Å². The van der Waals surface area contributed by atoms with Gasteiger partial charge in [-0.2, -0.15) is 0 Å². The molecule has 2 aromatic rings. The molecule has 2 aliphatic heterocycles. The zero-order valence-electron chi connectivity index (χ0n) is 13.0. The summed E-state index contributed by atoms with van der Waals surface area (Å²) in [6.07, 6.45) is 4.14. The maximum atomic E-state index is 5.57. The third-order valence-electron chi connectivity index (χ3n) is 4.69. The van der Waals surface area contributed by atoms with E-state index in [0.29, 0.717) is 6.04 Å². The summed E-state index contributed by atoms with van der Waals surface area (Å²) in [5.41, 5.74) is 2.69. The molecule has 0 saturated carbocycles. The number of hydrogen-bond donors (Lipinski definition) is 1. The van der Waals surface area contributed by atoms with E-state index >= 15 is 0 Å². The molecule has 1 aromatic heterocycles. The van der Waals surface area contributed by atoms with E-state index in [9.17, 15) is 0 Å². The van der Waals surface area contributed by atoms with Crippen LogP contribution in [0.3, 0.4) is 0 Å². The number of nitrogens with zero attached hydrogens (tertiary/aromatic N) is 3. The maximum Gasteiger partial charge on any atom is 0.133 e. The molecule has 0 bridgehead atoms. The van der Waals surface area contributed by atoms with Gasteiger partial charge in [0, 0.05) is 38.4 Å². The Morgan fingerprint density at radius 2 is 2.27 bits per heavy atom. The summed E-state index contributed by atoms with van der Waals surface area (Å²) < 4.78 is 7.86. The second-order valence-corrected chi connectivity index (χ2v) is 6.15.